The summed E-state index contributed by atoms with van der Waals surface area (Å²) in [6.07, 6.45) is 1.20. The molecule has 1 aromatic rings. The molecule has 0 fully saturated rings. The third kappa shape index (κ3) is 6.58. The third-order valence-corrected chi connectivity index (χ3v) is 6.89. The lowest BCUT2D eigenvalue weighted by molar-refractivity contribution is 0.391. The van der Waals surface area contributed by atoms with Crippen LogP contribution in [0.5, 0.6) is 5.75 Å². The van der Waals surface area contributed by atoms with Crippen LogP contribution < -0.4 is 19.9 Å². The van der Waals surface area contributed by atoms with Crippen LogP contribution in [0.4, 0.5) is 5.69 Å². The number of halogens is 1. The molecule has 11 heteroatoms. The van der Waals surface area contributed by atoms with Crippen LogP contribution >= 0.6 is 12.4 Å². The number of hydrogen-bond donors (Lipinski definition) is 3. The molecule has 0 saturated heterocycles. The Morgan fingerprint density at radius 3 is 2.15 bits per heavy atom. The highest BCUT2D eigenvalue weighted by Gasteiger charge is 2.26. The molecule has 0 aliphatic rings. The van der Waals surface area contributed by atoms with Crippen LogP contribution in [0.25, 0.3) is 0 Å². The van der Waals surface area contributed by atoms with Gasteiger partial charge in [-0.3, -0.25) is 4.72 Å². The first-order chi connectivity index (χ1) is 11.5. The molecule has 1 rings (SSSR count). The Hall–Kier alpha value is -1.07. The van der Waals surface area contributed by atoms with E-state index in [2.05, 4.69) is 9.44 Å². The zero-order valence-electron chi connectivity index (χ0n) is 15.4. The first kappa shape index (κ1) is 24.9. The maximum Gasteiger partial charge on any atom is 0.242 e. The largest absolute Gasteiger partial charge is 0.497 e. The standard InChI is InChI=1S/C15H27N3O5S2.ClH/c1-5-15(16,6-2)11-17-25(21,22)14-9-8-12(23-4)10-13(14)18-24(19,20)7-3;/h8-10,17-18H,5-7,11,16H2,1-4H3;1H. The lowest BCUT2D eigenvalue weighted by atomic mass is 9.95. The van der Waals surface area contributed by atoms with Crippen molar-refractivity contribution < 1.29 is 21.6 Å². The lowest BCUT2D eigenvalue weighted by Crippen LogP contribution is -2.49. The second-order valence-electron chi connectivity index (χ2n) is 5.76. The number of nitrogens with two attached hydrogens (primary N) is 1. The summed E-state index contributed by atoms with van der Waals surface area (Å²) in [6.45, 7) is 5.27. The van der Waals surface area contributed by atoms with E-state index in [1.54, 1.807) is 0 Å². The highest BCUT2D eigenvalue weighted by atomic mass is 35.5. The second-order valence-corrected chi connectivity index (χ2v) is 9.51. The molecule has 8 nitrogen and oxygen atoms in total. The van der Waals surface area contributed by atoms with Gasteiger partial charge in [0.15, 0.2) is 0 Å². The van der Waals surface area contributed by atoms with Crippen molar-refractivity contribution in [3.8, 4) is 5.75 Å². The van der Waals surface area contributed by atoms with E-state index in [9.17, 15) is 16.8 Å². The summed E-state index contributed by atoms with van der Waals surface area (Å²) in [7, 11) is -6.21. The fourth-order valence-corrected chi connectivity index (χ4v) is 4.00. The summed E-state index contributed by atoms with van der Waals surface area (Å²) in [5.41, 5.74) is 5.40. The Bertz CT molecular complexity index is 793. The number of anilines is 1. The van der Waals surface area contributed by atoms with Crippen molar-refractivity contribution in [1.29, 1.82) is 0 Å². The molecule has 0 unspecified atom stereocenters. The van der Waals surface area contributed by atoms with Gasteiger partial charge in [-0.2, -0.15) is 0 Å². The average Bonchev–Trinajstić information content (AvgIpc) is 2.59. The predicted octanol–water partition coefficient (Wildman–Crippen LogP) is 1.67. The van der Waals surface area contributed by atoms with Crippen LogP contribution in [0, 0.1) is 0 Å². The Morgan fingerprint density at radius 2 is 1.69 bits per heavy atom. The Morgan fingerprint density at radius 1 is 1.12 bits per heavy atom. The van der Waals surface area contributed by atoms with E-state index in [4.69, 9.17) is 10.5 Å². The van der Waals surface area contributed by atoms with Gasteiger partial charge in [0, 0.05) is 18.2 Å². The number of methoxy groups -OCH3 is 1. The second kappa shape index (κ2) is 9.75. The molecule has 0 bridgehead atoms. The van der Waals surface area contributed by atoms with Gasteiger partial charge in [-0.05, 0) is 31.9 Å². The van der Waals surface area contributed by atoms with E-state index < -0.39 is 25.6 Å². The van der Waals surface area contributed by atoms with Crippen molar-refractivity contribution in [3.63, 3.8) is 0 Å². The summed E-state index contributed by atoms with van der Waals surface area (Å²) in [5, 5.41) is 0. The first-order valence-corrected chi connectivity index (χ1v) is 11.1. The molecule has 0 aliphatic carbocycles. The number of hydrogen-bond acceptors (Lipinski definition) is 6. The topological polar surface area (TPSA) is 128 Å². The zero-order valence-corrected chi connectivity index (χ0v) is 17.9. The van der Waals surface area contributed by atoms with Crippen molar-refractivity contribution in [1.82, 2.24) is 4.72 Å². The molecule has 0 aromatic heterocycles. The molecule has 152 valence electrons. The summed E-state index contributed by atoms with van der Waals surface area (Å²) >= 11 is 0. The van der Waals surface area contributed by atoms with Gasteiger partial charge in [0.1, 0.15) is 10.6 Å². The predicted molar refractivity (Wildman–Crippen MR) is 106 cm³/mol. The van der Waals surface area contributed by atoms with Gasteiger partial charge in [0.05, 0.1) is 18.6 Å². The van der Waals surface area contributed by atoms with Crippen LogP contribution in [0.2, 0.25) is 0 Å². The minimum absolute atomic E-state index is 0. The van der Waals surface area contributed by atoms with Gasteiger partial charge in [0.25, 0.3) is 0 Å². The van der Waals surface area contributed by atoms with Gasteiger partial charge in [-0.25, -0.2) is 21.6 Å². The van der Waals surface area contributed by atoms with Gasteiger partial charge in [0.2, 0.25) is 20.0 Å². The van der Waals surface area contributed by atoms with Crippen molar-refractivity contribution in [2.75, 3.05) is 24.1 Å². The molecule has 0 radical (unpaired) electrons. The van der Waals surface area contributed by atoms with Crippen molar-refractivity contribution >= 4 is 38.1 Å². The van der Waals surface area contributed by atoms with E-state index in [1.807, 2.05) is 13.8 Å². The van der Waals surface area contributed by atoms with Gasteiger partial charge >= 0.3 is 0 Å². The highest BCUT2D eigenvalue weighted by molar-refractivity contribution is 7.93. The molecule has 0 saturated carbocycles. The van der Waals surface area contributed by atoms with Crippen molar-refractivity contribution in [2.45, 2.75) is 44.0 Å². The van der Waals surface area contributed by atoms with Crippen molar-refractivity contribution in [2.24, 2.45) is 5.73 Å². The minimum Gasteiger partial charge on any atom is -0.497 e. The monoisotopic (exact) mass is 429 g/mol. The number of rotatable bonds is 10. The fraction of sp³-hybridized carbons (Fsp3) is 0.600. The van der Waals surface area contributed by atoms with Crippen molar-refractivity contribution in [3.05, 3.63) is 18.2 Å². The van der Waals surface area contributed by atoms with E-state index in [-0.39, 0.29) is 35.3 Å². The number of benzene rings is 1. The number of sulfonamides is 2. The van der Waals surface area contributed by atoms with Crippen LogP contribution in [0.3, 0.4) is 0 Å². The van der Waals surface area contributed by atoms with Gasteiger partial charge < -0.3 is 10.5 Å². The van der Waals surface area contributed by atoms with E-state index >= 15 is 0 Å². The Kier molecular flexibility index (Phi) is 9.35. The molecule has 0 amide bonds. The Labute approximate surface area is 162 Å². The molecule has 0 aliphatic heterocycles. The number of ether oxygens (including phenoxy) is 1. The zero-order chi connectivity index (χ0) is 19.3. The number of nitrogens with one attached hydrogen (secondary N) is 2. The molecular weight excluding hydrogens is 402 g/mol. The van der Waals surface area contributed by atoms with E-state index in [0.29, 0.717) is 18.6 Å². The maximum atomic E-state index is 12.7. The molecular formula is C15H28ClN3O5S2. The first-order valence-electron chi connectivity index (χ1n) is 7.99. The Balaban J connectivity index is 0.00000625. The maximum absolute atomic E-state index is 12.7. The minimum atomic E-state index is -3.96. The quantitative estimate of drug-likeness (QED) is 0.519. The molecule has 1 aromatic carbocycles. The highest BCUT2D eigenvalue weighted by Crippen LogP contribution is 2.27. The molecule has 0 heterocycles. The summed E-state index contributed by atoms with van der Waals surface area (Å²) < 4.78 is 58.9. The van der Waals surface area contributed by atoms with Crippen LogP contribution in [-0.4, -0.2) is 41.8 Å². The average molecular weight is 430 g/mol. The summed E-state index contributed by atoms with van der Waals surface area (Å²) in [4.78, 5) is -0.181. The third-order valence-electron chi connectivity index (χ3n) is 4.14. The van der Waals surface area contributed by atoms with Crippen LogP contribution in [0.1, 0.15) is 33.6 Å². The van der Waals surface area contributed by atoms with E-state index in [1.165, 1.54) is 32.2 Å². The van der Waals surface area contributed by atoms with Crippen LogP contribution in [-0.2, 0) is 20.0 Å². The summed E-state index contributed by atoms with van der Waals surface area (Å²) in [5.74, 6) is 0.150. The lowest BCUT2D eigenvalue weighted by Gasteiger charge is -2.27. The molecule has 26 heavy (non-hydrogen) atoms. The smallest absolute Gasteiger partial charge is 0.242 e. The SMILES string of the molecule is CCC(N)(CC)CNS(=O)(=O)c1ccc(OC)cc1NS(=O)(=O)CC.Cl. The van der Waals surface area contributed by atoms with Crippen LogP contribution in [0.15, 0.2) is 23.1 Å². The molecule has 4 N–H and O–H groups in total. The molecule has 0 atom stereocenters. The fourth-order valence-electron chi connectivity index (χ4n) is 2.01. The molecule has 0 spiro atoms. The summed E-state index contributed by atoms with van der Waals surface area (Å²) in [6, 6.07) is 4.08. The normalized spacial score (nSPS) is 12.3. The van der Waals surface area contributed by atoms with E-state index in [0.717, 1.165) is 0 Å². The van der Waals surface area contributed by atoms with Gasteiger partial charge in [-0.1, -0.05) is 13.8 Å². The van der Waals surface area contributed by atoms with Gasteiger partial charge in [-0.15, -0.1) is 12.4 Å².